The van der Waals surface area contributed by atoms with Gasteiger partial charge in [-0.1, -0.05) is 30.3 Å². The Morgan fingerprint density at radius 3 is 2.71 bits per heavy atom. The Kier molecular flexibility index (Phi) is 5.16. The second-order valence-electron chi connectivity index (χ2n) is 4.40. The molecule has 0 radical (unpaired) electrons. The minimum absolute atomic E-state index is 0.0693. The Hall–Kier alpha value is -2.55. The first-order valence-electron chi connectivity index (χ1n) is 6.83. The Labute approximate surface area is 124 Å². The summed E-state index contributed by atoms with van der Waals surface area (Å²) in [5.41, 5.74) is 1.48. The van der Waals surface area contributed by atoms with E-state index in [1.165, 1.54) is 0 Å². The Morgan fingerprint density at radius 2 is 1.95 bits per heavy atom. The first-order chi connectivity index (χ1) is 10.2. The minimum atomic E-state index is -0.0693. The zero-order chi connectivity index (χ0) is 15.1. The van der Waals surface area contributed by atoms with Gasteiger partial charge in [-0.2, -0.15) is 0 Å². The topological polar surface area (TPSA) is 35.5 Å². The van der Waals surface area contributed by atoms with Gasteiger partial charge in [0.25, 0.3) is 0 Å². The molecule has 0 amide bonds. The van der Waals surface area contributed by atoms with Gasteiger partial charge in [0.2, 0.25) is 0 Å². The zero-order valence-corrected chi connectivity index (χ0v) is 12.2. The first-order valence-corrected chi connectivity index (χ1v) is 6.83. The average molecular weight is 282 g/mol. The van der Waals surface area contributed by atoms with E-state index in [9.17, 15) is 4.79 Å². The Bertz CT molecular complexity index is 644. The van der Waals surface area contributed by atoms with Gasteiger partial charge in [-0.15, -0.1) is 0 Å². The van der Waals surface area contributed by atoms with Crippen molar-refractivity contribution in [3.05, 3.63) is 65.7 Å². The van der Waals surface area contributed by atoms with Crippen molar-refractivity contribution >= 4 is 11.9 Å². The summed E-state index contributed by atoms with van der Waals surface area (Å²) < 4.78 is 10.7. The summed E-state index contributed by atoms with van der Waals surface area (Å²) in [4.78, 5) is 12.2. The first kappa shape index (κ1) is 14.9. The highest BCUT2D eigenvalue weighted by Crippen LogP contribution is 2.20. The number of benzene rings is 2. The van der Waals surface area contributed by atoms with Gasteiger partial charge < -0.3 is 9.47 Å². The van der Waals surface area contributed by atoms with Crippen molar-refractivity contribution in [3.8, 4) is 11.5 Å². The Morgan fingerprint density at radius 1 is 1.14 bits per heavy atom. The molecule has 0 unspecified atom stereocenters. The lowest BCUT2D eigenvalue weighted by molar-refractivity contribution is 0.104. The summed E-state index contributed by atoms with van der Waals surface area (Å²) >= 11 is 0. The maximum Gasteiger partial charge on any atom is 0.185 e. The third-order valence-corrected chi connectivity index (χ3v) is 2.99. The van der Waals surface area contributed by atoms with E-state index < -0.39 is 0 Å². The minimum Gasteiger partial charge on any atom is -0.497 e. The molecule has 0 saturated heterocycles. The van der Waals surface area contributed by atoms with E-state index in [1.807, 2.05) is 37.3 Å². The molecule has 0 aromatic heterocycles. The fourth-order valence-corrected chi connectivity index (χ4v) is 1.94. The van der Waals surface area contributed by atoms with E-state index in [4.69, 9.17) is 9.47 Å². The van der Waals surface area contributed by atoms with Crippen molar-refractivity contribution in [1.82, 2.24) is 0 Å². The molecule has 0 atom stereocenters. The summed E-state index contributed by atoms with van der Waals surface area (Å²) in [6, 6.07) is 14.7. The summed E-state index contributed by atoms with van der Waals surface area (Å²) in [5, 5.41) is 0. The van der Waals surface area contributed by atoms with Crippen molar-refractivity contribution in [1.29, 1.82) is 0 Å². The molecule has 2 aromatic carbocycles. The van der Waals surface area contributed by atoms with Crippen LogP contribution in [0.3, 0.4) is 0 Å². The molecule has 0 spiro atoms. The molecular weight excluding hydrogens is 264 g/mol. The summed E-state index contributed by atoms with van der Waals surface area (Å²) in [6.45, 7) is 2.52. The molecule has 21 heavy (non-hydrogen) atoms. The molecular formula is C18H18O3. The van der Waals surface area contributed by atoms with Gasteiger partial charge in [-0.3, -0.25) is 4.79 Å². The predicted octanol–water partition coefficient (Wildman–Crippen LogP) is 3.99. The second-order valence-corrected chi connectivity index (χ2v) is 4.40. The molecule has 3 nitrogen and oxygen atoms in total. The molecule has 0 bridgehead atoms. The number of hydrogen-bond acceptors (Lipinski definition) is 3. The van der Waals surface area contributed by atoms with Crippen LogP contribution in [-0.2, 0) is 0 Å². The third kappa shape index (κ3) is 3.96. The normalized spacial score (nSPS) is 10.6. The number of para-hydroxylation sites is 1. The van der Waals surface area contributed by atoms with Crippen LogP contribution in [0.4, 0.5) is 0 Å². The van der Waals surface area contributed by atoms with Crippen LogP contribution in [0.25, 0.3) is 6.08 Å². The van der Waals surface area contributed by atoms with Crippen LogP contribution in [0.15, 0.2) is 54.6 Å². The molecule has 0 heterocycles. The number of hydrogen-bond donors (Lipinski definition) is 0. The number of allylic oxidation sites excluding steroid dienone is 1. The van der Waals surface area contributed by atoms with Crippen LogP contribution in [-0.4, -0.2) is 19.5 Å². The van der Waals surface area contributed by atoms with Crippen molar-refractivity contribution in [2.45, 2.75) is 6.92 Å². The summed E-state index contributed by atoms with van der Waals surface area (Å²) in [7, 11) is 1.58. The molecule has 2 aromatic rings. The van der Waals surface area contributed by atoms with Gasteiger partial charge in [-0.05, 0) is 37.3 Å². The lowest BCUT2D eigenvalue weighted by Crippen LogP contribution is -1.96. The van der Waals surface area contributed by atoms with E-state index >= 15 is 0 Å². The molecule has 3 heteroatoms. The molecule has 2 rings (SSSR count). The number of methoxy groups -OCH3 is 1. The maximum atomic E-state index is 12.2. The monoisotopic (exact) mass is 282 g/mol. The average Bonchev–Trinajstić information content (AvgIpc) is 2.54. The van der Waals surface area contributed by atoms with Crippen LogP contribution in [0.2, 0.25) is 0 Å². The van der Waals surface area contributed by atoms with E-state index in [2.05, 4.69) is 0 Å². The highest BCUT2D eigenvalue weighted by atomic mass is 16.5. The zero-order valence-electron chi connectivity index (χ0n) is 12.2. The third-order valence-electron chi connectivity index (χ3n) is 2.99. The molecule has 0 fully saturated rings. The fourth-order valence-electron chi connectivity index (χ4n) is 1.94. The molecule has 108 valence electrons. The van der Waals surface area contributed by atoms with Crippen LogP contribution in [0.1, 0.15) is 22.8 Å². The largest absolute Gasteiger partial charge is 0.497 e. The van der Waals surface area contributed by atoms with E-state index in [1.54, 1.807) is 37.5 Å². The lowest BCUT2D eigenvalue weighted by Gasteiger charge is -2.06. The summed E-state index contributed by atoms with van der Waals surface area (Å²) in [6.07, 6.45) is 3.32. The van der Waals surface area contributed by atoms with Crippen molar-refractivity contribution in [3.63, 3.8) is 0 Å². The molecule has 0 aliphatic rings. The fraction of sp³-hybridized carbons (Fsp3) is 0.167. The number of carbonyl (C=O) groups excluding carboxylic acids is 1. The van der Waals surface area contributed by atoms with Crippen LogP contribution < -0.4 is 9.47 Å². The van der Waals surface area contributed by atoms with Gasteiger partial charge in [0, 0.05) is 11.1 Å². The molecule has 0 saturated carbocycles. The van der Waals surface area contributed by atoms with Crippen LogP contribution in [0.5, 0.6) is 11.5 Å². The molecule has 0 aliphatic carbocycles. The van der Waals surface area contributed by atoms with Crippen LogP contribution in [0, 0.1) is 0 Å². The highest BCUT2D eigenvalue weighted by molar-refractivity contribution is 6.07. The SMILES string of the molecule is CCOc1ccccc1C=CC(=O)c1cccc(OC)c1. The van der Waals surface area contributed by atoms with Gasteiger partial charge in [0.05, 0.1) is 13.7 Å². The van der Waals surface area contributed by atoms with Gasteiger partial charge >= 0.3 is 0 Å². The van der Waals surface area contributed by atoms with Gasteiger partial charge in [0.15, 0.2) is 5.78 Å². The lowest BCUT2D eigenvalue weighted by atomic mass is 10.1. The van der Waals surface area contributed by atoms with E-state index in [-0.39, 0.29) is 5.78 Å². The van der Waals surface area contributed by atoms with Gasteiger partial charge in [0.1, 0.15) is 11.5 Å². The van der Waals surface area contributed by atoms with Crippen molar-refractivity contribution in [2.75, 3.05) is 13.7 Å². The number of ketones is 1. The number of carbonyl (C=O) groups is 1. The second kappa shape index (κ2) is 7.29. The number of ether oxygens (including phenoxy) is 2. The van der Waals surface area contributed by atoms with Crippen molar-refractivity contribution in [2.24, 2.45) is 0 Å². The predicted molar refractivity (Wildman–Crippen MR) is 84.0 cm³/mol. The highest BCUT2D eigenvalue weighted by Gasteiger charge is 2.04. The quantitative estimate of drug-likeness (QED) is 0.593. The number of rotatable bonds is 6. The van der Waals surface area contributed by atoms with Crippen LogP contribution >= 0.6 is 0 Å². The maximum absolute atomic E-state index is 12.2. The smallest absolute Gasteiger partial charge is 0.185 e. The summed E-state index contributed by atoms with van der Waals surface area (Å²) in [5.74, 6) is 1.37. The standard InChI is InChI=1S/C18H18O3/c1-3-21-18-10-5-4-7-14(18)11-12-17(19)15-8-6-9-16(13-15)20-2/h4-13H,3H2,1-2H3. The molecule has 0 N–H and O–H groups in total. The van der Waals surface area contributed by atoms with E-state index in [0.717, 1.165) is 11.3 Å². The Balaban J connectivity index is 2.18. The van der Waals surface area contributed by atoms with E-state index in [0.29, 0.717) is 17.9 Å². The van der Waals surface area contributed by atoms with Gasteiger partial charge in [-0.25, -0.2) is 0 Å². The van der Waals surface area contributed by atoms with Crippen molar-refractivity contribution < 1.29 is 14.3 Å². The molecule has 0 aliphatic heterocycles.